The number of phenolic OH excluding ortho intramolecular Hbond substituents is 1. The summed E-state index contributed by atoms with van der Waals surface area (Å²) >= 11 is 6.00. The van der Waals surface area contributed by atoms with Crippen molar-refractivity contribution >= 4 is 11.6 Å². The van der Waals surface area contributed by atoms with E-state index in [9.17, 15) is 5.11 Å². The molecule has 1 fully saturated rings. The van der Waals surface area contributed by atoms with E-state index < -0.39 is 0 Å². The molecule has 0 amide bonds. The van der Waals surface area contributed by atoms with Crippen LogP contribution < -0.4 is 5.73 Å². The molecule has 112 valence electrons. The molecule has 0 bridgehead atoms. The predicted molar refractivity (Wildman–Crippen MR) is 83.2 cm³/mol. The van der Waals surface area contributed by atoms with E-state index in [-0.39, 0.29) is 11.8 Å². The zero-order chi connectivity index (χ0) is 14.5. The monoisotopic (exact) mass is 297 g/mol. The van der Waals surface area contributed by atoms with Crippen LogP contribution in [-0.2, 0) is 0 Å². The van der Waals surface area contributed by atoms with E-state index in [4.69, 9.17) is 17.3 Å². The first kappa shape index (κ1) is 15.6. The number of aromatic hydroxyl groups is 1. The van der Waals surface area contributed by atoms with Gasteiger partial charge in [0.1, 0.15) is 5.75 Å². The van der Waals surface area contributed by atoms with Gasteiger partial charge < -0.3 is 15.7 Å². The Morgan fingerprint density at radius 2 is 2.00 bits per heavy atom. The van der Waals surface area contributed by atoms with Gasteiger partial charge in [-0.3, -0.25) is 4.90 Å². The molecule has 1 saturated heterocycles. The molecular weight excluding hydrogens is 274 g/mol. The number of phenols is 1. The summed E-state index contributed by atoms with van der Waals surface area (Å²) in [6.07, 6.45) is 1.20. The number of halogens is 1. The third-order valence-electron chi connectivity index (χ3n) is 3.97. The minimum Gasteiger partial charge on any atom is -0.506 e. The van der Waals surface area contributed by atoms with Crippen LogP contribution in [0.25, 0.3) is 0 Å². The number of hydrogen-bond donors (Lipinski definition) is 2. The van der Waals surface area contributed by atoms with Crippen molar-refractivity contribution in [2.24, 2.45) is 5.73 Å². The lowest BCUT2D eigenvalue weighted by Crippen LogP contribution is -2.49. The Morgan fingerprint density at radius 1 is 1.30 bits per heavy atom. The minimum absolute atomic E-state index is 0.124. The van der Waals surface area contributed by atoms with E-state index >= 15 is 0 Å². The molecule has 0 radical (unpaired) electrons. The maximum Gasteiger partial charge on any atom is 0.134 e. The predicted octanol–water partition coefficient (Wildman–Crippen LogP) is 2.07. The number of piperazine rings is 1. The molecule has 2 rings (SSSR count). The fourth-order valence-corrected chi connectivity index (χ4v) is 3.03. The standard InChI is InChI=1S/C15H24ClN3O/c1-2-5-18-6-8-19(9-7-18)14(11-17)12-3-4-15(20)13(16)10-12/h3-4,10,14,20H,2,5-9,11,17H2,1H3. The molecule has 3 N–H and O–H groups in total. The lowest BCUT2D eigenvalue weighted by atomic mass is 10.0. The first-order valence-electron chi connectivity index (χ1n) is 7.30. The van der Waals surface area contributed by atoms with Crippen molar-refractivity contribution < 1.29 is 5.11 Å². The molecule has 20 heavy (non-hydrogen) atoms. The maximum absolute atomic E-state index is 9.52. The molecule has 1 aliphatic heterocycles. The van der Waals surface area contributed by atoms with Crippen LogP contribution in [0, 0.1) is 0 Å². The first-order chi connectivity index (χ1) is 9.65. The second kappa shape index (κ2) is 7.27. The Labute approximate surface area is 126 Å². The van der Waals surface area contributed by atoms with Crippen LogP contribution in [-0.4, -0.2) is 54.2 Å². The summed E-state index contributed by atoms with van der Waals surface area (Å²) < 4.78 is 0. The van der Waals surface area contributed by atoms with Gasteiger partial charge in [-0.05, 0) is 30.7 Å². The third-order valence-corrected chi connectivity index (χ3v) is 4.27. The summed E-state index contributed by atoms with van der Waals surface area (Å²) in [7, 11) is 0. The normalized spacial score (nSPS) is 19.1. The van der Waals surface area contributed by atoms with Gasteiger partial charge in [-0.1, -0.05) is 24.6 Å². The topological polar surface area (TPSA) is 52.7 Å². The van der Waals surface area contributed by atoms with E-state index in [1.54, 1.807) is 6.07 Å². The van der Waals surface area contributed by atoms with Crippen LogP contribution in [0.2, 0.25) is 5.02 Å². The fourth-order valence-electron chi connectivity index (χ4n) is 2.84. The Morgan fingerprint density at radius 3 is 2.55 bits per heavy atom. The van der Waals surface area contributed by atoms with Crippen LogP contribution >= 0.6 is 11.6 Å². The molecule has 0 spiro atoms. The van der Waals surface area contributed by atoms with Crippen molar-refractivity contribution in [3.05, 3.63) is 28.8 Å². The molecule has 0 aromatic heterocycles. The Balaban J connectivity index is 2.03. The van der Waals surface area contributed by atoms with Gasteiger partial charge in [-0.15, -0.1) is 0 Å². The Kier molecular flexibility index (Phi) is 5.66. The molecule has 5 heteroatoms. The highest BCUT2D eigenvalue weighted by Crippen LogP contribution is 2.29. The largest absolute Gasteiger partial charge is 0.506 e. The lowest BCUT2D eigenvalue weighted by Gasteiger charge is -2.39. The first-order valence-corrected chi connectivity index (χ1v) is 7.68. The van der Waals surface area contributed by atoms with E-state index in [0.717, 1.165) is 31.7 Å². The van der Waals surface area contributed by atoms with Crippen LogP contribution in [0.15, 0.2) is 18.2 Å². The van der Waals surface area contributed by atoms with Gasteiger partial charge in [0.25, 0.3) is 0 Å². The van der Waals surface area contributed by atoms with Crippen molar-refractivity contribution in [3.8, 4) is 5.75 Å². The van der Waals surface area contributed by atoms with Crippen molar-refractivity contribution in [2.45, 2.75) is 19.4 Å². The maximum atomic E-state index is 9.52. The van der Waals surface area contributed by atoms with Crippen LogP contribution in [0.3, 0.4) is 0 Å². The number of benzene rings is 1. The van der Waals surface area contributed by atoms with Gasteiger partial charge in [0.2, 0.25) is 0 Å². The Hall–Kier alpha value is -0.810. The van der Waals surface area contributed by atoms with Crippen molar-refractivity contribution in [2.75, 3.05) is 39.3 Å². The number of nitrogens with two attached hydrogens (primary N) is 1. The van der Waals surface area contributed by atoms with E-state index in [1.807, 2.05) is 12.1 Å². The lowest BCUT2D eigenvalue weighted by molar-refractivity contribution is 0.0985. The highest BCUT2D eigenvalue weighted by molar-refractivity contribution is 6.32. The van der Waals surface area contributed by atoms with Crippen molar-refractivity contribution in [3.63, 3.8) is 0 Å². The van der Waals surface area contributed by atoms with Gasteiger partial charge in [0, 0.05) is 38.8 Å². The molecule has 0 aliphatic carbocycles. The van der Waals surface area contributed by atoms with Crippen LogP contribution in [0.4, 0.5) is 0 Å². The number of hydrogen-bond acceptors (Lipinski definition) is 4. The average molecular weight is 298 g/mol. The van der Waals surface area contributed by atoms with Gasteiger partial charge >= 0.3 is 0 Å². The van der Waals surface area contributed by atoms with Crippen molar-refractivity contribution in [1.82, 2.24) is 9.80 Å². The second-order valence-corrected chi connectivity index (χ2v) is 5.75. The highest BCUT2D eigenvalue weighted by Gasteiger charge is 2.24. The van der Waals surface area contributed by atoms with Gasteiger partial charge in [-0.2, -0.15) is 0 Å². The van der Waals surface area contributed by atoms with Crippen LogP contribution in [0.1, 0.15) is 24.9 Å². The summed E-state index contributed by atoms with van der Waals surface area (Å²) in [4.78, 5) is 4.91. The molecule has 1 aromatic carbocycles. The molecular formula is C15H24ClN3O. The van der Waals surface area contributed by atoms with Gasteiger partial charge in [0.15, 0.2) is 0 Å². The molecule has 1 atom stereocenters. The van der Waals surface area contributed by atoms with Gasteiger partial charge in [-0.25, -0.2) is 0 Å². The quantitative estimate of drug-likeness (QED) is 0.874. The summed E-state index contributed by atoms with van der Waals surface area (Å²) in [6.45, 7) is 8.20. The molecule has 1 heterocycles. The van der Waals surface area contributed by atoms with Crippen LogP contribution in [0.5, 0.6) is 5.75 Å². The minimum atomic E-state index is 0.124. The SMILES string of the molecule is CCCN1CCN(C(CN)c2ccc(O)c(Cl)c2)CC1. The molecule has 1 aliphatic rings. The second-order valence-electron chi connectivity index (χ2n) is 5.34. The zero-order valence-corrected chi connectivity index (χ0v) is 12.8. The molecule has 1 unspecified atom stereocenters. The third kappa shape index (κ3) is 3.64. The highest BCUT2D eigenvalue weighted by atomic mass is 35.5. The summed E-state index contributed by atoms with van der Waals surface area (Å²) in [6, 6.07) is 5.56. The molecule has 1 aromatic rings. The van der Waals surface area contributed by atoms with Crippen molar-refractivity contribution in [1.29, 1.82) is 0 Å². The summed E-state index contributed by atoms with van der Waals surface area (Å²) in [5.74, 6) is 0.124. The smallest absolute Gasteiger partial charge is 0.134 e. The number of nitrogens with zero attached hydrogens (tertiary/aromatic N) is 2. The molecule has 0 saturated carbocycles. The fraction of sp³-hybridized carbons (Fsp3) is 0.600. The van der Waals surface area contributed by atoms with E-state index in [1.165, 1.54) is 13.0 Å². The summed E-state index contributed by atoms with van der Waals surface area (Å²) in [5, 5.41) is 9.91. The zero-order valence-electron chi connectivity index (χ0n) is 12.1. The van der Waals surface area contributed by atoms with E-state index in [2.05, 4.69) is 16.7 Å². The summed E-state index contributed by atoms with van der Waals surface area (Å²) in [5.41, 5.74) is 7.04. The Bertz CT molecular complexity index is 433. The van der Waals surface area contributed by atoms with Gasteiger partial charge in [0.05, 0.1) is 5.02 Å². The van der Waals surface area contributed by atoms with E-state index in [0.29, 0.717) is 11.6 Å². The average Bonchev–Trinajstić information content (AvgIpc) is 2.46. The number of rotatable bonds is 5. The molecule has 4 nitrogen and oxygen atoms in total.